The van der Waals surface area contributed by atoms with Crippen LogP contribution in [-0.2, 0) is 6.42 Å². The fraction of sp³-hybridized carbons (Fsp3) is 0.207. The lowest BCUT2D eigenvalue weighted by atomic mass is 10.0. The van der Waals surface area contributed by atoms with E-state index < -0.39 is 5.82 Å². The zero-order valence-corrected chi connectivity index (χ0v) is 20.0. The van der Waals surface area contributed by atoms with E-state index in [1.54, 1.807) is 29.2 Å². The number of aromatic nitrogens is 2. The van der Waals surface area contributed by atoms with Crippen molar-refractivity contribution in [2.24, 2.45) is 0 Å². The van der Waals surface area contributed by atoms with Crippen LogP contribution in [0.1, 0.15) is 27.2 Å². The Kier molecular flexibility index (Phi) is 6.71. The molecule has 0 saturated carbocycles. The highest BCUT2D eigenvalue weighted by Gasteiger charge is 2.27. The molecule has 1 saturated heterocycles. The van der Waals surface area contributed by atoms with Gasteiger partial charge in [-0.25, -0.2) is 18.7 Å². The first-order valence-electron chi connectivity index (χ1n) is 12.0. The number of aryl methyl sites for hydroxylation is 1. The fourth-order valence-corrected chi connectivity index (χ4v) is 4.53. The van der Waals surface area contributed by atoms with Gasteiger partial charge < -0.3 is 9.80 Å². The minimum absolute atomic E-state index is 0.0852. The molecule has 7 heteroatoms. The van der Waals surface area contributed by atoms with E-state index >= 15 is 0 Å². The maximum Gasteiger partial charge on any atom is 0.256 e. The summed E-state index contributed by atoms with van der Waals surface area (Å²) >= 11 is 0. The molecule has 3 aromatic carbocycles. The van der Waals surface area contributed by atoms with E-state index in [4.69, 9.17) is 9.97 Å². The number of carbonyl (C=O) groups excluding carboxylic acids is 1. The van der Waals surface area contributed by atoms with Crippen LogP contribution in [0.2, 0.25) is 0 Å². The lowest BCUT2D eigenvalue weighted by molar-refractivity contribution is 0.0741. The second-order valence-corrected chi connectivity index (χ2v) is 8.87. The largest absolute Gasteiger partial charge is 0.353 e. The Morgan fingerprint density at radius 1 is 0.861 bits per heavy atom. The van der Waals surface area contributed by atoms with Crippen LogP contribution in [0.25, 0.3) is 11.4 Å². The van der Waals surface area contributed by atoms with E-state index in [0.717, 1.165) is 22.6 Å². The first kappa shape index (κ1) is 23.6. The molecule has 4 aromatic rings. The predicted octanol–water partition coefficient (Wildman–Crippen LogP) is 5.28. The number of hydrogen-bond donors (Lipinski definition) is 0. The van der Waals surface area contributed by atoms with Crippen molar-refractivity contribution in [1.82, 2.24) is 14.9 Å². The first-order chi connectivity index (χ1) is 17.5. The molecule has 0 unspecified atom stereocenters. The normalized spacial score (nSPS) is 13.6. The van der Waals surface area contributed by atoms with Crippen LogP contribution in [0.3, 0.4) is 0 Å². The molecule has 1 aliphatic heterocycles. The third-order valence-electron chi connectivity index (χ3n) is 6.47. The third kappa shape index (κ3) is 4.96. The van der Waals surface area contributed by atoms with Crippen LogP contribution < -0.4 is 4.90 Å². The summed E-state index contributed by atoms with van der Waals surface area (Å²) in [7, 11) is 0. The molecule has 0 bridgehead atoms. The van der Waals surface area contributed by atoms with Crippen LogP contribution in [0, 0.1) is 18.6 Å². The van der Waals surface area contributed by atoms with Crippen molar-refractivity contribution in [3.8, 4) is 11.4 Å². The van der Waals surface area contributed by atoms with Gasteiger partial charge in [-0.3, -0.25) is 4.79 Å². The summed E-state index contributed by atoms with van der Waals surface area (Å²) in [6.45, 7) is 3.92. The molecule has 1 aliphatic rings. The molecule has 1 fully saturated rings. The Labute approximate surface area is 209 Å². The molecular weight excluding hydrogens is 458 g/mol. The van der Waals surface area contributed by atoms with Gasteiger partial charge in [-0.05, 0) is 36.8 Å². The number of nitrogens with zero attached hydrogens (tertiary/aromatic N) is 4. The Morgan fingerprint density at radius 3 is 2.31 bits per heavy atom. The van der Waals surface area contributed by atoms with Crippen molar-refractivity contribution in [3.05, 3.63) is 113 Å². The topological polar surface area (TPSA) is 49.3 Å². The standard InChI is InChI=1S/C29H26F2N4O/c1-20-25(18-21-8-3-2-4-9-21)28(33-27(32-20)22-10-7-11-23(30)19-22)34-14-16-35(17-15-34)29(36)24-12-5-6-13-26(24)31/h2-13,19H,14-18H2,1H3. The van der Waals surface area contributed by atoms with Gasteiger partial charge in [-0.1, -0.05) is 54.6 Å². The van der Waals surface area contributed by atoms with Gasteiger partial charge in [0.1, 0.15) is 17.5 Å². The molecule has 0 N–H and O–H groups in total. The lowest BCUT2D eigenvalue weighted by Crippen LogP contribution is -2.49. The highest BCUT2D eigenvalue weighted by molar-refractivity contribution is 5.94. The van der Waals surface area contributed by atoms with E-state index in [9.17, 15) is 13.6 Å². The number of benzene rings is 3. The average molecular weight is 485 g/mol. The van der Waals surface area contributed by atoms with Gasteiger partial charge in [0.05, 0.1) is 5.56 Å². The first-order valence-corrected chi connectivity index (χ1v) is 12.0. The van der Waals surface area contributed by atoms with Gasteiger partial charge >= 0.3 is 0 Å². The van der Waals surface area contributed by atoms with E-state index in [1.165, 1.54) is 24.3 Å². The Balaban J connectivity index is 1.45. The van der Waals surface area contributed by atoms with Gasteiger partial charge in [-0.15, -0.1) is 0 Å². The maximum absolute atomic E-state index is 14.2. The van der Waals surface area contributed by atoms with Crippen LogP contribution in [0.4, 0.5) is 14.6 Å². The van der Waals surface area contributed by atoms with Crippen molar-refractivity contribution in [3.63, 3.8) is 0 Å². The molecule has 2 heterocycles. The molecule has 0 atom stereocenters. The number of piperazine rings is 1. The number of anilines is 1. The fourth-order valence-electron chi connectivity index (χ4n) is 4.53. The van der Waals surface area contributed by atoms with Crippen molar-refractivity contribution >= 4 is 11.7 Å². The SMILES string of the molecule is Cc1nc(-c2cccc(F)c2)nc(N2CCN(C(=O)c3ccccc3F)CC2)c1Cc1ccccc1. The van der Waals surface area contributed by atoms with E-state index in [1.807, 2.05) is 25.1 Å². The Bertz CT molecular complexity index is 1390. The van der Waals surface area contributed by atoms with Crippen molar-refractivity contribution in [2.75, 3.05) is 31.1 Å². The smallest absolute Gasteiger partial charge is 0.256 e. The lowest BCUT2D eigenvalue weighted by Gasteiger charge is -2.36. The summed E-state index contributed by atoms with van der Waals surface area (Å²) < 4.78 is 28.1. The second kappa shape index (κ2) is 10.2. The number of carbonyl (C=O) groups is 1. The zero-order valence-electron chi connectivity index (χ0n) is 20.0. The number of amides is 1. The summed E-state index contributed by atoms with van der Waals surface area (Å²) in [6, 6.07) is 22.4. The minimum atomic E-state index is -0.513. The second-order valence-electron chi connectivity index (χ2n) is 8.87. The molecule has 1 amide bonds. The van der Waals surface area contributed by atoms with Crippen LogP contribution in [-0.4, -0.2) is 47.0 Å². The highest BCUT2D eigenvalue weighted by atomic mass is 19.1. The third-order valence-corrected chi connectivity index (χ3v) is 6.47. The summed E-state index contributed by atoms with van der Waals surface area (Å²) in [5.41, 5.74) is 3.65. The number of rotatable bonds is 5. The molecular formula is C29H26F2N4O. The van der Waals surface area contributed by atoms with E-state index in [-0.39, 0.29) is 17.3 Å². The van der Waals surface area contributed by atoms with Gasteiger partial charge in [0.15, 0.2) is 5.82 Å². The molecule has 0 aliphatic carbocycles. The van der Waals surface area contributed by atoms with E-state index in [0.29, 0.717) is 44.0 Å². The quantitative estimate of drug-likeness (QED) is 0.387. The highest BCUT2D eigenvalue weighted by Crippen LogP contribution is 2.29. The van der Waals surface area contributed by atoms with Crippen molar-refractivity contribution in [1.29, 1.82) is 0 Å². The predicted molar refractivity (Wildman–Crippen MR) is 136 cm³/mol. The molecule has 0 spiro atoms. The molecule has 5 rings (SSSR count). The van der Waals surface area contributed by atoms with Gasteiger partial charge in [0.2, 0.25) is 0 Å². The maximum atomic E-state index is 14.2. The Morgan fingerprint density at radius 2 is 1.58 bits per heavy atom. The monoisotopic (exact) mass is 484 g/mol. The van der Waals surface area contributed by atoms with Crippen LogP contribution in [0.5, 0.6) is 0 Å². The minimum Gasteiger partial charge on any atom is -0.353 e. The van der Waals surface area contributed by atoms with Crippen LogP contribution >= 0.6 is 0 Å². The number of hydrogen-bond acceptors (Lipinski definition) is 4. The average Bonchev–Trinajstić information content (AvgIpc) is 2.90. The summed E-state index contributed by atoms with van der Waals surface area (Å²) in [6.07, 6.45) is 0.653. The van der Waals surface area contributed by atoms with Crippen molar-refractivity contribution < 1.29 is 13.6 Å². The number of halogens is 2. The molecule has 0 radical (unpaired) electrons. The van der Waals surface area contributed by atoms with Gasteiger partial charge in [-0.2, -0.15) is 0 Å². The summed E-state index contributed by atoms with van der Waals surface area (Å²) in [5.74, 6) is 0.0778. The summed E-state index contributed by atoms with van der Waals surface area (Å²) in [4.78, 5) is 26.3. The van der Waals surface area contributed by atoms with Crippen molar-refractivity contribution in [2.45, 2.75) is 13.3 Å². The molecule has 5 nitrogen and oxygen atoms in total. The molecule has 182 valence electrons. The van der Waals surface area contributed by atoms with Gasteiger partial charge in [0.25, 0.3) is 5.91 Å². The van der Waals surface area contributed by atoms with Gasteiger partial charge in [0, 0.05) is 49.4 Å². The van der Waals surface area contributed by atoms with E-state index in [2.05, 4.69) is 17.0 Å². The molecule has 36 heavy (non-hydrogen) atoms. The summed E-state index contributed by atoms with van der Waals surface area (Å²) in [5, 5.41) is 0. The molecule has 1 aromatic heterocycles. The van der Waals surface area contributed by atoms with Crippen LogP contribution in [0.15, 0.2) is 78.9 Å². The Hall–Kier alpha value is -4.13. The zero-order chi connectivity index (χ0) is 25.1.